The van der Waals surface area contributed by atoms with Crippen LogP contribution in [0.2, 0.25) is 0 Å². The molecule has 0 atom stereocenters. The predicted molar refractivity (Wildman–Crippen MR) is 78.4 cm³/mol. The van der Waals surface area contributed by atoms with Gasteiger partial charge in [0.05, 0.1) is 18.0 Å². The number of anilines is 3. The molecule has 0 radical (unpaired) electrons. The van der Waals surface area contributed by atoms with Crippen molar-refractivity contribution in [1.82, 2.24) is 0 Å². The highest BCUT2D eigenvalue weighted by molar-refractivity contribution is 5.77. The number of benzene rings is 2. The monoisotopic (exact) mass is 294 g/mol. The van der Waals surface area contributed by atoms with Crippen LogP contribution >= 0.6 is 0 Å². The van der Waals surface area contributed by atoms with E-state index in [1.165, 1.54) is 12.1 Å². The summed E-state index contributed by atoms with van der Waals surface area (Å²) in [7, 11) is 0. The molecule has 0 spiro atoms. The first-order chi connectivity index (χ1) is 10.1. The number of rotatable bonds is 6. The van der Waals surface area contributed by atoms with Crippen molar-refractivity contribution in [3.63, 3.8) is 0 Å². The Labute approximate surface area is 121 Å². The van der Waals surface area contributed by atoms with Gasteiger partial charge in [-0.15, -0.1) is 0 Å². The first kappa shape index (κ1) is 14.9. The largest absolute Gasteiger partial charge is 0.492 e. The normalized spacial score (nSPS) is 10.5. The lowest BCUT2D eigenvalue weighted by atomic mass is 10.2. The zero-order valence-electron chi connectivity index (χ0n) is 11.5. The van der Waals surface area contributed by atoms with Crippen LogP contribution in [-0.4, -0.2) is 13.2 Å². The van der Waals surface area contributed by atoms with Crippen molar-refractivity contribution >= 4 is 17.1 Å². The number of hydrogen-bond donors (Lipinski definition) is 2. The Morgan fingerprint density at radius 1 is 1.14 bits per heavy atom. The van der Waals surface area contributed by atoms with E-state index >= 15 is 0 Å². The minimum Gasteiger partial charge on any atom is -0.492 e. The molecule has 0 saturated heterocycles. The van der Waals surface area contributed by atoms with Crippen LogP contribution in [0.25, 0.3) is 0 Å². The van der Waals surface area contributed by atoms with Gasteiger partial charge in [0.1, 0.15) is 11.5 Å². The van der Waals surface area contributed by atoms with E-state index in [0.29, 0.717) is 29.4 Å². The summed E-state index contributed by atoms with van der Waals surface area (Å²) < 4.78 is 33.8. The minimum atomic E-state index is -2.83. The van der Waals surface area contributed by atoms with Gasteiger partial charge in [-0.2, -0.15) is 8.78 Å². The van der Waals surface area contributed by atoms with E-state index in [0.717, 1.165) is 0 Å². The quantitative estimate of drug-likeness (QED) is 0.790. The average molecular weight is 294 g/mol. The highest BCUT2D eigenvalue weighted by Gasteiger charge is 2.07. The summed E-state index contributed by atoms with van der Waals surface area (Å²) in [5.41, 5.74) is 7.88. The zero-order valence-corrected chi connectivity index (χ0v) is 11.5. The fraction of sp³-hybridized carbons (Fsp3) is 0.200. The minimum absolute atomic E-state index is 0.103. The smallest absolute Gasteiger partial charge is 0.387 e. The highest BCUT2D eigenvalue weighted by Crippen LogP contribution is 2.32. The van der Waals surface area contributed by atoms with E-state index in [9.17, 15) is 8.78 Å². The van der Waals surface area contributed by atoms with E-state index < -0.39 is 6.61 Å². The van der Waals surface area contributed by atoms with Crippen LogP contribution in [0.5, 0.6) is 11.5 Å². The average Bonchev–Trinajstić information content (AvgIpc) is 2.45. The molecule has 4 nitrogen and oxygen atoms in total. The van der Waals surface area contributed by atoms with Crippen molar-refractivity contribution in [2.24, 2.45) is 0 Å². The Balaban J connectivity index is 2.13. The van der Waals surface area contributed by atoms with Crippen molar-refractivity contribution in [1.29, 1.82) is 0 Å². The molecule has 21 heavy (non-hydrogen) atoms. The number of alkyl halides is 2. The SMILES string of the molecule is CCOc1cccc(Nc2ccc(OC(F)F)cc2)c1N. The molecule has 3 N–H and O–H groups in total. The molecule has 0 aliphatic carbocycles. The summed E-state index contributed by atoms with van der Waals surface area (Å²) in [6.07, 6.45) is 0. The number of halogens is 2. The molecule has 0 aromatic heterocycles. The van der Waals surface area contributed by atoms with Crippen molar-refractivity contribution in [3.05, 3.63) is 42.5 Å². The molecule has 2 aromatic rings. The Bertz CT molecular complexity index is 589. The maximum absolute atomic E-state index is 12.1. The molecular formula is C15H16F2N2O2. The zero-order chi connectivity index (χ0) is 15.2. The Kier molecular flexibility index (Phi) is 4.81. The molecule has 0 aliphatic heterocycles. The Hall–Kier alpha value is -2.50. The number of nitrogens with two attached hydrogens (primary N) is 1. The second-order valence-electron chi connectivity index (χ2n) is 4.18. The molecule has 0 unspecified atom stereocenters. The van der Waals surface area contributed by atoms with Crippen molar-refractivity contribution in [3.8, 4) is 11.5 Å². The summed E-state index contributed by atoms with van der Waals surface area (Å²) >= 11 is 0. The van der Waals surface area contributed by atoms with E-state index in [4.69, 9.17) is 10.5 Å². The summed E-state index contributed by atoms with van der Waals surface area (Å²) in [6.45, 7) is -0.434. The summed E-state index contributed by atoms with van der Waals surface area (Å²) in [4.78, 5) is 0. The second-order valence-corrected chi connectivity index (χ2v) is 4.18. The fourth-order valence-electron chi connectivity index (χ4n) is 1.81. The van der Waals surface area contributed by atoms with Gasteiger partial charge in [0.2, 0.25) is 0 Å². The third-order valence-corrected chi connectivity index (χ3v) is 2.72. The van der Waals surface area contributed by atoms with Crippen LogP contribution in [0, 0.1) is 0 Å². The van der Waals surface area contributed by atoms with Gasteiger partial charge >= 0.3 is 6.61 Å². The summed E-state index contributed by atoms with van der Waals surface area (Å²) in [5, 5.41) is 3.10. The van der Waals surface area contributed by atoms with E-state index in [1.54, 1.807) is 24.3 Å². The summed E-state index contributed by atoms with van der Waals surface area (Å²) in [6, 6.07) is 11.6. The van der Waals surface area contributed by atoms with Gasteiger partial charge in [-0.25, -0.2) is 0 Å². The number of nitrogen functional groups attached to an aromatic ring is 1. The van der Waals surface area contributed by atoms with Gasteiger partial charge in [0.25, 0.3) is 0 Å². The number of para-hydroxylation sites is 1. The molecule has 0 aliphatic rings. The van der Waals surface area contributed by atoms with Gasteiger partial charge in [-0.1, -0.05) is 6.07 Å². The lowest BCUT2D eigenvalue weighted by molar-refractivity contribution is -0.0498. The maximum Gasteiger partial charge on any atom is 0.387 e. The Morgan fingerprint density at radius 2 is 1.86 bits per heavy atom. The third-order valence-electron chi connectivity index (χ3n) is 2.72. The fourth-order valence-corrected chi connectivity index (χ4v) is 1.81. The second kappa shape index (κ2) is 6.78. The van der Waals surface area contributed by atoms with Crippen molar-refractivity contribution in [2.45, 2.75) is 13.5 Å². The van der Waals surface area contributed by atoms with Gasteiger partial charge in [-0.05, 0) is 43.3 Å². The highest BCUT2D eigenvalue weighted by atomic mass is 19.3. The van der Waals surface area contributed by atoms with E-state index in [2.05, 4.69) is 10.1 Å². The molecular weight excluding hydrogens is 278 g/mol. The van der Waals surface area contributed by atoms with Crippen LogP contribution in [0.15, 0.2) is 42.5 Å². The van der Waals surface area contributed by atoms with Gasteiger partial charge < -0.3 is 20.5 Å². The molecule has 2 aromatic carbocycles. The molecule has 0 saturated carbocycles. The molecule has 0 bridgehead atoms. The van der Waals surface area contributed by atoms with Crippen molar-refractivity contribution < 1.29 is 18.3 Å². The van der Waals surface area contributed by atoms with E-state index in [-0.39, 0.29) is 5.75 Å². The van der Waals surface area contributed by atoms with Crippen LogP contribution in [-0.2, 0) is 0 Å². The molecule has 2 rings (SSSR count). The maximum atomic E-state index is 12.1. The Morgan fingerprint density at radius 3 is 2.48 bits per heavy atom. The molecule has 0 amide bonds. The molecule has 0 heterocycles. The molecule has 0 fully saturated rings. The third kappa shape index (κ3) is 3.98. The number of hydrogen-bond acceptors (Lipinski definition) is 4. The van der Waals surface area contributed by atoms with Gasteiger partial charge in [0, 0.05) is 5.69 Å². The van der Waals surface area contributed by atoms with Crippen molar-refractivity contribution in [2.75, 3.05) is 17.7 Å². The lowest BCUT2D eigenvalue weighted by Crippen LogP contribution is -2.02. The van der Waals surface area contributed by atoms with E-state index in [1.807, 2.05) is 13.0 Å². The molecule has 112 valence electrons. The van der Waals surface area contributed by atoms with Gasteiger partial charge in [0.15, 0.2) is 0 Å². The number of nitrogens with one attached hydrogen (secondary N) is 1. The predicted octanol–water partition coefficient (Wildman–Crippen LogP) is 4.01. The molecule has 6 heteroatoms. The van der Waals surface area contributed by atoms with Crippen LogP contribution in [0.3, 0.4) is 0 Å². The summed E-state index contributed by atoms with van der Waals surface area (Å²) in [5.74, 6) is 0.701. The van der Waals surface area contributed by atoms with Crippen LogP contribution < -0.4 is 20.5 Å². The topological polar surface area (TPSA) is 56.5 Å². The van der Waals surface area contributed by atoms with Gasteiger partial charge in [-0.3, -0.25) is 0 Å². The first-order valence-electron chi connectivity index (χ1n) is 6.43. The van der Waals surface area contributed by atoms with Crippen LogP contribution in [0.1, 0.15) is 6.92 Å². The van der Waals surface area contributed by atoms with Crippen LogP contribution in [0.4, 0.5) is 25.8 Å². The first-order valence-corrected chi connectivity index (χ1v) is 6.43. The lowest BCUT2D eigenvalue weighted by Gasteiger charge is -2.13. The number of ether oxygens (including phenoxy) is 2. The standard InChI is InChI=1S/C15H16F2N2O2/c1-2-20-13-5-3-4-12(14(13)18)19-10-6-8-11(9-7-10)21-15(16)17/h3-9,15,19H,2,18H2,1H3.